The van der Waals surface area contributed by atoms with E-state index in [4.69, 9.17) is 14.2 Å². The Balaban J connectivity index is 1.45. The van der Waals surface area contributed by atoms with Gasteiger partial charge in [0.25, 0.3) is 0 Å². The van der Waals surface area contributed by atoms with Crippen LogP contribution < -0.4 is 9.47 Å². The van der Waals surface area contributed by atoms with Crippen molar-refractivity contribution in [3.8, 4) is 17.6 Å². The van der Waals surface area contributed by atoms with Gasteiger partial charge in [-0.15, -0.1) is 0 Å². The van der Waals surface area contributed by atoms with Crippen molar-refractivity contribution in [3.63, 3.8) is 0 Å². The first kappa shape index (κ1) is 23.6. The summed E-state index contributed by atoms with van der Waals surface area (Å²) >= 11 is 0. The zero-order valence-corrected chi connectivity index (χ0v) is 21.0. The number of pyridine rings is 1. The highest BCUT2D eigenvalue weighted by Gasteiger charge is 2.76. The number of nitriles is 1. The van der Waals surface area contributed by atoms with E-state index in [9.17, 15) is 15.5 Å². The van der Waals surface area contributed by atoms with E-state index in [0.29, 0.717) is 34.7 Å². The number of rotatable bonds is 5. The highest BCUT2D eigenvalue weighted by atomic mass is 16.5. The molecular formula is C30H29N3O5. The molecule has 4 aliphatic heterocycles. The second-order valence-corrected chi connectivity index (χ2v) is 10.8. The lowest BCUT2D eigenvalue weighted by molar-refractivity contribution is -0.185. The number of fused-ring (bicyclic) bond motifs is 5. The minimum Gasteiger partial charge on any atom is -0.495 e. The van der Waals surface area contributed by atoms with Crippen molar-refractivity contribution < 1.29 is 24.4 Å². The second-order valence-electron chi connectivity index (χ2n) is 10.8. The number of morpholine rings is 1. The molecule has 5 heterocycles. The van der Waals surface area contributed by atoms with Gasteiger partial charge in [-0.05, 0) is 23.3 Å². The van der Waals surface area contributed by atoms with Gasteiger partial charge in [-0.3, -0.25) is 9.88 Å². The number of nitrogens with zero attached hydrogens (tertiary/aromatic N) is 3. The molecule has 3 aromatic rings. The van der Waals surface area contributed by atoms with Crippen LogP contribution in [0.4, 0.5) is 0 Å². The summed E-state index contributed by atoms with van der Waals surface area (Å²) in [5.41, 5.74) is -0.694. The van der Waals surface area contributed by atoms with Crippen molar-refractivity contribution in [1.29, 1.82) is 5.26 Å². The lowest BCUT2D eigenvalue weighted by Crippen LogP contribution is -2.58. The number of aliphatic hydroxyl groups is 2. The van der Waals surface area contributed by atoms with E-state index in [2.05, 4.69) is 16.0 Å². The van der Waals surface area contributed by atoms with Gasteiger partial charge in [-0.1, -0.05) is 42.5 Å². The van der Waals surface area contributed by atoms with Crippen LogP contribution >= 0.6 is 0 Å². The Morgan fingerprint density at radius 1 is 1.11 bits per heavy atom. The summed E-state index contributed by atoms with van der Waals surface area (Å²) in [6, 6.07) is 19.2. The molecule has 1 aliphatic carbocycles. The number of ether oxygens (including phenoxy) is 3. The summed E-state index contributed by atoms with van der Waals surface area (Å²) in [7, 11) is 1.52. The molecule has 8 rings (SSSR count). The molecule has 0 radical (unpaired) electrons. The van der Waals surface area contributed by atoms with E-state index in [-0.39, 0.29) is 18.1 Å². The fourth-order valence-electron chi connectivity index (χ4n) is 7.42. The van der Waals surface area contributed by atoms with E-state index < -0.39 is 23.2 Å². The Hall–Kier alpha value is -3.48. The molecule has 8 heteroatoms. The maximum Gasteiger partial charge on any atom is 0.177 e. The Kier molecular flexibility index (Phi) is 5.29. The molecule has 7 atom stereocenters. The molecule has 0 spiro atoms. The first-order valence-corrected chi connectivity index (χ1v) is 13.0. The number of aromatic nitrogens is 1. The SMILES string of the molecule is COc1cncc2c1[C@]1(O)[C@H](O)[C@H](CN3CC4CC(C3)O4)C(c3ccccc3)[C@]1(c1ccc(C#N)cc1)O2. The molecule has 2 bridgehead atoms. The van der Waals surface area contributed by atoms with Gasteiger partial charge in [0.15, 0.2) is 11.2 Å². The van der Waals surface area contributed by atoms with Crippen molar-refractivity contribution in [2.24, 2.45) is 5.92 Å². The molecule has 3 saturated heterocycles. The van der Waals surface area contributed by atoms with Gasteiger partial charge in [0.05, 0.1) is 55.0 Å². The summed E-state index contributed by atoms with van der Waals surface area (Å²) in [6.07, 6.45) is 3.45. The molecule has 0 amide bonds. The summed E-state index contributed by atoms with van der Waals surface area (Å²) in [6.45, 7) is 2.17. The van der Waals surface area contributed by atoms with Crippen molar-refractivity contribution >= 4 is 0 Å². The van der Waals surface area contributed by atoms with Gasteiger partial charge in [0, 0.05) is 37.9 Å². The third kappa shape index (κ3) is 3.07. The molecule has 38 heavy (non-hydrogen) atoms. The molecule has 4 fully saturated rings. The molecular weight excluding hydrogens is 482 g/mol. The molecule has 2 aromatic carbocycles. The highest BCUT2D eigenvalue weighted by molar-refractivity contribution is 5.59. The van der Waals surface area contributed by atoms with Crippen LogP contribution in [-0.2, 0) is 15.9 Å². The topological polar surface area (TPSA) is 108 Å². The van der Waals surface area contributed by atoms with Crippen molar-refractivity contribution in [2.75, 3.05) is 26.7 Å². The van der Waals surface area contributed by atoms with Crippen LogP contribution in [-0.4, -0.2) is 65.2 Å². The van der Waals surface area contributed by atoms with Crippen LogP contribution in [0, 0.1) is 17.2 Å². The summed E-state index contributed by atoms with van der Waals surface area (Å²) < 4.78 is 18.4. The molecule has 194 valence electrons. The number of aliphatic hydroxyl groups excluding tert-OH is 1. The standard InChI is InChI=1S/C30H29N3O5/c1-36-24-13-32-14-25-27(24)29(35)28(34)23(17-33-15-21-11-22(16-33)37-21)26(19-5-3-2-4-6-19)30(29,38-25)20-9-7-18(12-31)8-10-20/h2-10,13-14,21-23,26,28,34-35H,11,15-17H2,1H3/t21?,22?,23-,26?,28-,29+,30+/m1/s1. The molecule has 1 saturated carbocycles. The number of piperidine rings is 1. The van der Waals surface area contributed by atoms with Gasteiger partial charge in [-0.25, -0.2) is 0 Å². The minimum absolute atomic E-state index is 0.223. The zero-order valence-electron chi connectivity index (χ0n) is 21.0. The number of methoxy groups -OCH3 is 1. The predicted octanol–water partition coefficient (Wildman–Crippen LogP) is 2.68. The number of hydrogen-bond donors (Lipinski definition) is 2. The maximum absolute atomic E-state index is 12.9. The number of hydrogen-bond acceptors (Lipinski definition) is 8. The van der Waals surface area contributed by atoms with Gasteiger partial charge >= 0.3 is 0 Å². The van der Waals surface area contributed by atoms with Gasteiger partial charge in [0.2, 0.25) is 0 Å². The van der Waals surface area contributed by atoms with Crippen LogP contribution in [0.5, 0.6) is 11.5 Å². The smallest absolute Gasteiger partial charge is 0.177 e. The predicted molar refractivity (Wildman–Crippen MR) is 137 cm³/mol. The lowest BCUT2D eigenvalue weighted by Gasteiger charge is -2.48. The minimum atomic E-state index is -1.84. The van der Waals surface area contributed by atoms with Crippen LogP contribution in [0.15, 0.2) is 67.0 Å². The molecule has 1 aromatic heterocycles. The van der Waals surface area contributed by atoms with Gasteiger partial charge in [0.1, 0.15) is 11.5 Å². The summed E-state index contributed by atoms with van der Waals surface area (Å²) in [4.78, 5) is 6.62. The van der Waals surface area contributed by atoms with Crippen LogP contribution in [0.25, 0.3) is 0 Å². The fraction of sp³-hybridized carbons (Fsp3) is 0.400. The molecule has 5 aliphatic rings. The van der Waals surface area contributed by atoms with Gasteiger partial charge < -0.3 is 24.4 Å². The van der Waals surface area contributed by atoms with Crippen LogP contribution in [0.3, 0.4) is 0 Å². The molecule has 3 unspecified atom stereocenters. The zero-order chi connectivity index (χ0) is 26.1. The Morgan fingerprint density at radius 2 is 1.82 bits per heavy atom. The summed E-state index contributed by atoms with van der Waals surface area (Å²) in [5, 5.41) is 34.6. The Labute approximate surface area is 221 Å². The molecule has 8 nitrogen and oxygen atoms in total. The Bertz CT molecular complexity index is 1390. The van der Waals surface area contributed by atoms with Crippen LogP contribution in [0.1, 0.15) is 34.6 Å². The largest absolute Gasteiger partial charge is 0.495 e. The van der Waals surface area contributed by atoms with E-state index >= 15 is 0 Å². The lowest BCUT2D eigenvalue weighted by atomic mass is 9.70. The van der Waals surface area contributed by atoms with E-state index in [1.165, 1.54) is 7.11 Å². The van der Waals surface area contributed by atoms with Crippen LogP contribution in [0.2, 0.25) is 0 Å². The average molecular weight is 512 g/mol. The van der Waals surface area contributed by atoms with Crippen molar-refractivity contribution in [1.82, 2.24) is 9.88 Å². The Morgan fingerprint density at radius 3 is 2.47 bits per heavy atom. The second kappa shape index (κ2) is 8.52. The summed E-state index contributed by atoms with van der Waals surface area (Å²) in [5.74, 6) is -0.0589. The quantitative estimate of drug-likeness (QED) is 0.539. The van der Waals surface area contributed by atoms with E-state index in [0.717, 1.165) is 25.1 Å². The van der Waals surface area contributed by atoms with E-state index in [1.54, 1.807) is 24.5 Å². The molecule has 2 N–H and O–H groups in total. The first-order chi connectivity index (χ1) is 18.5. The average Bonchev–Trinajstić information content (AvgIpc) is 3.31. The first-order valence-electron chi connectivity index (χ1n) is 13.0. The van der Waals surface area contributed by atoms with Gasteiger partial charge in [-0.2, -0.15) is 5.26 Å². The third-order valence-electron chi connectivity index (χ3n) is 8.92. The third-order valence-corrected chi connectivity index (χ3v) is 8.92. The van der Waals surface area contributed by atoms with Crippen molar-refractivity contribution in [3.05, 3.63) is 89.2 Å². The number of benzene rings is 2. The monoisotopic (exact) mass is 511 g/mol. The van der Waals surface area contributed by atoms with E-state index in [1.807, 2.05) is 42.5 Å². The fourth-order valence-corrected chi connectivity index (χ4v) is 7.42. The maximum atomic E-state index is 12.9. The van der Waals surface area contributed by atoms with Crippen molar-refractivity contribution in [2.45, 2.75) is 41.9 Å². The normalized spacial score (nSPS) is 34.9. The highest BCUT2D eigenvalue weighted by Crippen LogP contribution is 2.69.